The van der Waals surface area contributed by atoms with E-state index in [9.17, 15) is 0 Å². The van der Waals surface area contributed by atoms with E-state index in [0.717, 1.165) is 11.3 Å². The van der Waals surface area contributed by atoms with Gasteiger partial charge in [0, 0.05) is 12.4 Å². The zero-order chi connectivity index (χ0) is 13.8. The highest BCUT2D eigenvalue weighted by Crippen LogP contribution is 2.23. The van der Waals surface area contributed by atoms with Gasteiger partial charge in [-0.1, -0.05) is 40.9 Å². The van der Waals surface area contributed by atoms with Crippen LogP contribution >= 0.6 is 34.8 Å². The second-order valence-electron chi connectivity index (χ2n) is 3.63. The SMILES string of the molecule is C/C(=N\Nc1nccnc1Cl)c1ccc(Cl)c(Cl)c1. The lowest BCUT2D eigenvalue weighted by atomic mass is 10.1. The van der Waals surface area contributed by atoms with Gasteiger partial charge in [0.05, 0.1) is 15.8 Å². The van der Waals surface area contributed by atoms with Crippen molar-refractivity contribution in [2.24, 2.45) is 5.10 Å². The van der Waals surface area contributed by atoms with E-state index >= 15 is 0 Å². The topological polar surface area (TPSA) is 50.2 Å². The molecule has 0 amide bonds. The molecule has 0 saturated heterocycles. The Morgan fingerprint density at radius 3 is 2.53 bits per heavy atom. The number of anilines is 1. The van der Waals surface area contributed by atoms with Gasteiger partial charge in [-0.25, -0.2) is 9.97 Å². The van der Waals surface area contributed by atoms with E-state index in [1.807, 2.05) is 13.0 Å². The van der Waals surface area contributed by atoms with Gasteiger partial charge in [0.15, 0.2) is 11.0 Å². The smallest absolute Gasteiger partial charge is 0.184 e. The van der Waals surface area contributed by atoms with Crippen molar-refractivity contribution in [1.29, 1.82) is 0 Å². The summed E-state index contributed by atoms with van der Waals surface area (Å²) in [5, 5.41) is 5.41. The molecule has 0 aliphatic rings. The first-order valence-electron chi connectivity index (χ1n) is 5.30. The third-order valence-electron chi connectivity index (χ3n) is 2.32. The van der Waals surface area contributed by atoms with Crippen LogP contribution in [-0.2, 0) is 0 Å². The van der Waals surface area contributed by atoms with E-state index in [-0.39, 0.29) is 5.15 Å². The van der Waals surface area contributed by atoms with E-state index < -0.39 is 0 Å². The van der Waals surface area contributed by atoms with Crippen LogP contribution in [0.5, 0.6) is 0 Å². The number of halogens is 3. The summed E-state index contributed by atoms with van der Waals surface area (Å²) in [6.07, 6.45) is 3.03. The molecule has 0 fully saturated rings. The van der Waals surface area contributed by atoms with Crippen LogP contribution in [-0.4, -0.2) is 15.7 Å². The summed E-state index contributed by atoms with van der Waals surface area (Å²) in [6, 6.07) is 5.28. The maximum absolute atomic E-state index is 5.95. The fourth-order valence-electron chi connectivity index (χ4n) is 1.32. The summed E-state index contributed by atoms with van der Waals surface area (Å²) in [6.45, 7) is 1.83. The number of nitrogens with one attached hydrogen (secondary N) is 1. The van der Waals surface area contributed by atoms with Crippen LogP contribution in [0.25, 0.3) is 0 Å². The summed E-state index contributed by atoms with van der Waals surface area (Å²) >= 11 is 17.7. The number of nitrogens with zero attached hydrogens (tertiary/aromatic N) is 3. The van der Waals surface area contributed by atoms with Crippen LogP contribution in [0.1, 0.15) is 12.5 Å². The molecule has 0 saturated carbocycles. The number of rotatable bonds is 3. The first kappa shape index (κ1) is 14.1. The van der Waals surface area contributed by atoms with Crippen LogP contribution in [0.15, 0.2) is 35.7 Å². The molecule has 4 nitrogen and oxygen atoms in total. The molecule has 1 aromatic carbocycles. The van der Waals surface area contributed by atoms with Crippen LogP contribution in [0, 0.1) is 0 Å². The van der Waals surface area contributed by atoms with Crippen molar-refractivity contribution in [3.63, 3.8) is 0 Å². The molecule has 0 atom stereocenters. The molecular formula is C12H9Cl3N4. The molecular weight excluding hydrogens is 307 g/mol. The summed E-state index contributed by atoms with van der Waals surface area (Å²) in [7, 11) is 0. The van der Waals surface area contributed by atoms with E-state index in [1.54, 1.807) is 12.1 Å². The van der Waals surface area contributed by atoms with Gasteiger partial charge < -0.3 is 0 Å². The van der Waals surface area contributed by atoms with Crippen LogP contribution in [0.2, 0.25) is 15.2 Å². The number of hydrazone groups is 1. The van der Waals surface area contributed by atoms with Gasteiger partial charge in [0.1, 0.15) is 0 Å². The molecule has 0 aliphatic heterocycles. The highest BCUT2D eigenvalue weighted by atomic mass is 35.5. The summed E-state index contributed by atoms with van der Waals surface area (Å²) in [4.78, 5) is 7.90. The Balaban J connectivity index is 2.19. The largest absolute Gasteiger partial charge is 0.259 e. The maximum atomic E-state index is 5.95. The molecule has 0 spiro atoms. The average Bonchev–Trinajstić information content (AvgIpc) is 2.40. The monoisotopic (exact) mass is 314 g/mol. The lowest BCUT2D eigenvalue weighted by Gasteiger charge is -2.05. The van der Waals surface area contributed by atoms with Gasteiger partial charge in [-0.3, -0.25) is 5.43 Å². The average molecular weight is 316 g/mol. The third-order valence-corrected chi connectivity index (χ3v) is 3.34. The Morgan fingerprint density at radius 2 is 1.84 bits per heavy atom. The van der Waals surface area contributed by atoms with E-state index in [0.29, 0.717) is 15.9 Å². The third kappa shape index (κ3) is 3.56. The highest BCUT2D eigenvalue weighted by Gasteiger charge is 2.04. The fraction of sp³-hybridized carbons (Fsp3) is 0.0833. The van der Waals surface area contributed by atoms with Gasteiger partial charge >= 0.3 is 0 Å². The zero-order valence-electron chi connectivity index (χ0n) is 9.86. The van der Waals surface area contributed by atoms with Crippen molar-refractivity contribution in [2.45, 2.75) is 6.92 Å². The molecule has 0 bridgehead atoms. The standard InChI is InChI=1S/C12H9Cl3N4/c1-7(8-2-3-9(13)10(14)6-8)18-19-12-11(15)16-4-5-17-12/h2-6H,1H3,(H,17,19)/b18-7+. The Morgan fingerprint density at radius 1 is 1.11 bits per heavy atom. The summed E-state index contributed by atoms with van der Waals surface area (Å²) < 4.78 is 0. The number of aromatic nitrogens is 2. The van der Waals surface area contributed by atoms with Crippen molar-refractivity contribution >= 4 is 46.3 Å². The van der Waals surface area contributed by atoms with Crippen molar-refractivity contribution in [1.82, 2.24) is 9.97 Å². The minimum absolute atomic E-state index is 0.258. The normalized spacial score (nSPS) is 11.5. The summed E-state index contributed by atoms with van der Waals surface area (Å²) in [5.74, 6) is 0.392. The van der Waals surface area contributed by atoms with Crippen molar-refractivity contribution in [3.8, 4) is 0 Å². The predicted molar refractivity (Wildman–Crippen MR) is 79.3 cm³/mol. The van der Waals surface area contributed by atoms with Gasteiger partial charge in [0.2, 0.25) is 0 Å². The van der Waals surface area contributed by atoms with Gasteiger partial charge in [-0.2, -0.15) is 5.10 Å². The number of benzene rings is 1. The zero-order valence-corrected chi connectivity index (χ0v) is 12.1. The molecule has 0 radical (unpaired) electrons. The first-order valence-corrected chi connectivity index (χ1v) is 6.43. The van der Waals surface area contributed by atoms with Gasteiger partial charge in [-0.05, 0) is 24.6 Å². The molecule has 1 aromatic heterocycles. The Bertz CT molecular complexity index is 628. The predicted octanol–water partition coefficient (Wildman–Crippen LogP) is 4.27. The quantitative estimate of drug-likeness (QED) is 0.679. The minimum atomic E-state index is 0.258. The van der Waals surface area contributed by atoms with Crippen molar-refractivity contribution in [3.05, 3.63) is 51.4 Å². The minimum Gasteiger partial charge on any atom is -0.259 e. The molecule has 2 rings (SSSR count). The summed E-state index contributed by atoms with van der Waals surface area (Å²) in [5.41, 5.74) is 4.32. The van der Waals surface area contributed by atoms with Crippen LogP contribution in [0.4, 0.5) is 5.82 Å². The number of hydrogen-bond acceptors (Lipinski definition) is 4. The molecule has 1 N–H and O–H groups in total. The molecule has 0 unspecified atom stereocenters. The highest BCUT2D eigenvalue weighted by molar-refractivity contribution is 6.42. The van der Waals surface area contributed by atoms with Crippen molar-refractivity contribution < 1.29 is 0 Å². The lowest BCUT2D eigenvalue weighted by Crippen LogP contribution is -2.01. The van der Waals surface area contributed by atoms with Gasteiger partial charge in [-0.15, -0.1) is 0 Å². The second kappa shape index (κ2) is 6.19. The number of hydrogen-bond donors (Lipinski definition) is 1. The van der Waals surface area contributed by atoms with Gasteiger partial charge in [0.25, 0.3) is 0 Å². The fourth-order valence-corrected chi connectivity index (χ4v) is 1.76. The lowest BCUT2D eigenvalue weighted by molar-refractivity contribution is 1.15. The van der Waals surface area contributed by atoms with Crippen LogP contribution in [0.3, 0.4) is 0 Å². The Labute approximate surface area is 125 Å². The Hall–Kier alpha value is -1.36. The molecule has 19 heavy (non-hydrogen) atoms. The molecule has 7 heteroatoms. The maximum Gasteiger partial charge on any atom is 0.184 e. The van der Waals surface area contributed by atoms with E-state index in [2.05, 4.69) is 20.5 Å². The van der Waals surface area contributed by atoms with Crippen LogP contribution < -0.4 is 5.43 Å². The van der Waals surface area contributed by atoms with E-state index in [4.69, 9.17) is 34.8 Å². The molecule has 2 aromatic rings. The Kier molecular flexibility index (Phi) is 4.58. The molecule has 98 valence electrons. The van der Waals surface area contributed by atoms with E-state index in [1.165, 1.54) is 12.4 Å². The second-order valence-corrected chi connectivity index (χ2v) is 4.81. The molecule has 1 heterocycles. The van der Waals surface area contributed by atoms with Crippen molar-refractivity contribution in [2.75, 3.05) is 5.43 Å². The first-order chi connectivity index (χ1) is 9.08. The molecule has 0 aliphatic carbocycles.